The first-order valence-electron chi connectivity index (χ1n) is 5.23. The number of rotatable bonds is 2. The minimum absolute atomic E-state index is 0.298. The van der Waals surface area contributed by atoms with Crippen molar-refractivity contribution >= 4 is 27.6 Å². The predicted molar refractivity (Wildman–Crippen MR) is 72.5 cm³/mol. The zero-order valence-corrected chi connectivity index (χ0v) is 12.3. The Bertz CT molecular complexity index is 405. The largest absolute Gasteiger partial charge is 0.496 e. The Hall–Kier alpha value is -1.23. The van der Waals surface area contributed by atoms with Gasteiger partial charge in [-0.2, -0.15) is 0 Å². The van der Waals surface area contributed by atoms with Crippen molar-refractivity contribution in [2.24, 2.45) is 0 Å². The highest BCUT2D eigenvalue weighted by atomic mass is 79.9. The van der Waals surface area contributed by atoms with Crippen LogP contribution in [-0.4, -0.2) is 20.2 Å². The molecule has 4 nitrogen and oxygen atoms in total. The van der Waals surface area contributed by atoms with Gasteiger partial charge in [0.15, 0.2) is 0 Å². The second kappa shape index (κ2) is 7.17. The van der Waals surface area contributed by atoms with Crippen LogP contribution >= 0.6 is 15.9 Å². The third-order valence-corrected chi connectivity index (χ3v) is 3.15. The van der Waals surface area contributed by atoms with Crippen molar-refractivity contribution in [1.29, 1.82) is 0 Å². The van der Waals surface area contributed by atoms with Gasteiger partial charge in [0.2, 0.25) is 0 Å². The summed E-state index contributed by atoms with van der Waals surface area (Å²) in [6.07, 6.45) is 0. The number of benzene rings is 1. The maximum Gasteiger partial charge on any atom is 0.340 e. The quantitative estimate of drug-likeness (QED) is 0.673. The molecule has 0 aliphatic carbocycles. The molecule has 0 aliphatic heterocycles. The monoisotopic (exact) mass is 303 g/mol. The van der Waals surface area contributed by atoms with E-state index in [9.17, 15) is 4.79 Å². The molecule has 0 amide bonds. The van der Waals surface area contributed by atoms with E-state index in [0.29, 0.717) is 21.5 Å². The predicted octanol–water partition coefficient (Wildman–Crippen LogP) is 3.16. The average Bonchev–Trinajstić information content (AvgIpc) is 2.38. The lowest BCUT2D eigenvalue weighted by molar-refractivity contribution is 0.0601. The number of hydrogen-bond donors (Lipinski definition) is 1. The van der Waals surface area contributed by atoms with Gasteiger partial charge in [0.05, 0.1) is 25.5 Å². The number of methoxy groups -OCH3 is 2. The molecule has 5 heteroatoms. The normalized spacial score (nSPS) is 9.06. The Kier molecular flexibility index (Phi) is 6.65. The van der Waals surface area contributed by atoms with Gasteiger partial charge in [-0.25, -0.2) is 4.79 Å². The summed E-state index contributed by atoms with van der Waals surface area (Å²) in [6, 6.07) is 1.57. The van der Waals surface area contributed by atoms with E-state index in [1.165, 1.54) is 14.2 Å². The van der Waals surface area contributed by atoms with Gasteiger partial charge in [0.25, 0.3) is 0 Å². The highest BCUT2D eigenvalue weighted by Crippen LogP contribution is 2.34. The molecule has 0 saturated carbocycles. The number of hydrogen-bond acceptors (Lipinski definition) is 4. The first-order valence-corrected chi connectivity index (χ1v) is 6.03. The number of nitrogens with two attached hydrogens (primary N) is 1. The lowest BCUT2D eigenvalue weighted by Gasteiger charge is -2.12. The number of anilines is 1. The van der Waals surface area contributed by atoms with Gasteiger partial charge in [-0.3, -0.25) is 0 Å². The molecule has 1 aromatic rings. The second-order valence-electron chi connectivity index (χ2n) is 2.97. The Morgan fingerprint density at radius 1 is 1.35 bits per heavy atom. The highest BCUT2D eigenvalue weighted by Gasteiger charge is 2.17. The molecule has 96 valence electrons. The number of carbonyl (C=O) groups is 1. The number of ether oxygens (including phenoxy) is 2. The fourth-order valence-electron chi connectivity index (χ4n) is 1.24. The topological polar surface area (TPSA) is 61.5 Å². The van der Waals surface area contributed by atoms with Crippen LogP contribution in [0.2, 0.25) is 0 Å². The summed E-state index contributed by atoms with van der Waals surface area (Å²) in [5.41, 5.74) is 7.29. The van der Waals surface area contributed by atoms with Gasteiger partial charge in [-0.05, 0) is 28.9 Å². The molecule has 0 aliphatic rings. The summed E-state index contributed by atoms with van der Waals surface area (Å²) in [5.74, 6) is 0.114. The molecule has 0 fully saturated rings. The molecular weight excluding hydrogens is 286 g/mol. The van der Waals surface area contributed by atoms with Gasteiger partial charge in [0, 0.05) is 10.0 Å². The van der Waals surface area contributed by atoms with Crippen LogP contribution in [0.15, 0.2) is 10.5 Å². The van der Waals surface area contributed by atoms with E-state index >= 15 is 0 Å². The van der Waals surface area contributed by atoms with Crippen LogP contribution in [0.4, 0.5) is 5.69 Å². The molecule has 0 atom stereocenters. The number of nitrogen functional groups attached to an aromatic ring is 1. The standard InChI is InChI=1S/C10H12BrNO3.C2H6/c1-5-7(14-2)4-6(10(13)15-3)9(12)8(5)11;1-2/h4H,12H2,1-3H3;1-2H3. The summed E-state index contributed by atoms with van der Waals surface area (Å²) < 4.78 is 10.4. The van der Waals surface area contributed by atoms with Crippen molar-refractivity contribution in [3.63, 3.8) is 0 Å². The van der Waals surface area contributed by atoms with Gasteiger partial charge >= 0.3 is 5.97 Å². The van der Waals surface area contributed by atoms with Crippen molar-refractivity contribution < 1.29 is 14.3 Å². The highest BCUT2D eigenvalue weighted by molar-refractivity contribution is 9.10. The van der Waals surface area contributed by atoms with Gasteiger partial charge in [-0.1, -0.05) is 13.8 Å². The van der Waals surface area contributed by atoms with Crippen LogP contribution < -0.4 is 10.5 Å². The fourth-order valence-corrected chi connectivity index (χ4v) is 1.65. The molecule has 0 spiro atoms. The number of halogens is 1. The van der Waals surface area contributed by atoms with E-state index in [4.69, 9.17) is 10.5 Å². The van der Waals surface area contributed by atoms with E-state index in [1.807, 2.05) is 20.8 Å². The number of carbonyl (C=O) groups excluding carboxylic acids is 1. The van der Waals surface area contributed by atoms with Crippen molar-refractivity contribution in [3.8, 4) is 5.75 Å². The van der Waals surface area contributed by atoms with Crippen molar-refractivity contribution in [3.05, 3.63) is 21.7 Å². The first-order chi connectivity index (χ1) is 8.02. The molecule has 2 N–H and O–H groups in total. The zero-order chi connectivity index (χ0) is 13.6. The molecule has 0 radical (unpaired) electrons. The summed E-state index contributed by atoms with van der Waals surface area (Å²) in [5, 5.41) is 0. The molecule has 0 aromatic heterocycles. The molecule has 1 rings (SSSR count). The maximum atomic E-state index is 11.4. The van der Waals surface area contributed by atoms with E-state index in [0.717, 1.165) is 5.56 Å². The maximum absolute atomic E-state index is 11.4. The van der Waals surface area contributed by atoms with E-state index in [1.54, 1.807) is 6.07 Å². The van der Waals surface area contributed by atoms with Crippen molar-refractivity contribution in [1.82, 2.24) is 0 Å². The third-order valence-electron chi connectivity index (χ3n) is 2.13. The molecule has 17 heavy (non-hydrogen) atoms. The van der Waals surface area contributed by atoms with Crippen LogP contribution in [0.1, 0.15) is 29.8 Å². The van der Waals surface area contributed by atoms with Gasteiger partial charge in [0.1, 0.15) is 5.75 Å². The fraction of sp³-hybridized carbons (Fsp3) is 0.417. The van der Waals surface area contributed by atoms with Crippen LogP contribution in [0.5, 0.6) is 5.75 Å². The first kappa shape index (κ1) is 15.8. The second-order valence-corrected chi connectivity index (χ2v) is 3.76. The third kappa shape index (κ3) is 3.36. The van der Waals surface area contributed by atoms with E-state index < -0.39 is 5.97 Å². The average molecular weight is 304 g/mol. The molecule has 0 saturated heterocycles. The van der Waals surface area contributed by atoms with Crippen LogP contribution in [0.3, 0.4) is 0 Å². The Balaban J connectivity index is 0.00000121. The van der Waals surface area contributed by atoms with Gasteiger partial charge in [-0.15, -0.1) is 0 Å². The smallest absolute Gasteiger partial charge is 0.340 e. The summed E-state index contributed by atoms with van der Waals surface area (Å²) in [4.78, 5) is 11.4. The van der Waals surface area contributed by atoms with Crippen LogP contribution in [0, 0.1) is 6.92 Å². The number of esters is 1. The van der Waals surface area contributed by atoms with Gasteiger partial charge < -0.3 is 15.2 Å². The Labute approximate surface area is 110 Å². The van der Waals surface area contributed by atoms with Crippen LogP contribution in [-0.2, 0) is 4.74 Å². The van der Waals surface area contributed by atoms with Crippen molar-refractivity contribution in [2.45, 2.75) is 20.8 Å². The minimum atomic E-state index is -0.480. The summed E-state index contributed by atoms with van der Waals surface area (Å²) in [6.45, 7) is 5.85. The lowest BCUT2D eigenvalue weighted by atomic mass is 10.1. The SMILES string of the molecule is CC.COC(=O)c1cc(OC)c(C)c(Br)c1N. The molecule has 0 heterocycles. The Morgan fingerprint density at radius 3 is 2.29 bits per heavy atom. The molecular formula is C12H18BrNO3. The molecule has 0 bridgehead atoms. The Morgan fingerprint density at radius 2 is 1.88 bits per heavy atom. The van der Waals surface area contributed by atoms with E-state index in [2.05, 4.69) is 20.7 Å². The molecule has 1 aromatic carbocycles. The lowest BCUT2D eigenvalue weighted by Crippen LogP contribution is -2.07. The van der Waals surface area contributed by atoms with E-state index in [-0.39, 0.29) is 0 Å². The van der Waals surface area contributed by atoms with Crippen LogP contribution in [0.25, 0.3) is 0 Å². The minimum Gasteiger partial charge on any atom is -0.496 e. The summed E-state index contributed by atoms with van der Waals surface area (Å²) >= 11 is 3.31. The summed E-state index contributed by atoms with van der Waals surface area (Å²) in [7, 11) is 2.84. The zero-order valence-electron chi connectivity index (χ0n) is 10.8. The van der Waals surface area contributed by atoms with Crippen molar-refractivity contribution in [2.75, 3.05) is 20.0 Å². The molecule has 0 unspecified atom stereocenters.